The number of hydrogen-bond acceptors (Lipinski definition) is 5. The van der Waals surface area contributed by atoms with Crippen LogP contribution < -0.4 is 5.32 Å². The third-order valence-electron chi connectivity index (χ3n) is 3.95. The van der Waals surface area contributed by atoms with Crippen molar-refractivity contribution in [1.29, 1.82) is 0 Å². The maximum Gasteiger partial charge on any atom is 0.338 e. The summed E-state index contributed by atoms with van der Waals surface area (Å²) in [5.41, 5.74) is 2.92. The minimum Gasteiger partial charge on any atom is -0.462 e. The van der Waals surface area contributed by atoms with E-state index in [1.54, 1.807) is 31.2 Å². The molecule has 27 heavy (non-hydrogen) atoms. The van der Waals surface area contributed by atoms with Crippen molar-refractivity contribution < 1.29 is 14.3 Å². The maximum atomic E-state index is 12.6. The second-order valence-electron chi connectivity index (χ2n) is 5.86. The number of aromatic nitrogens is 2. The summed E-state index contributed by atoms with van der Waals surface area (Å²) in [5.74, 6) is -0.478. The van der Waals surface area contributed by atoms with Gasteiger partial charge in [-0.2, -0.15) is 0 Å². The lowest BCUT2D eigenvalue weighted by molar-refractivity contribution is -0.115. The number of carbonyl (C=O) groups excluding carboxylic acids is 2. The largest absolute Gasteiger partial charge is 0.462 e. The molecule has 6 nitrogen and oxygen atoms in total. The maximum absolute atomic E-state index is 12.6. The number of ether oxygens (including phenoxy) is 1. The first kappa shape index (κ1) is 19.0. The van der Waals surface area contributed by atoms with Gasteiger partial charge in [-0.3, -0.25) is 4.79 Å². The SMILES string of the molecule is CCOC(=O)c1ccc(NC(=O)[C@H](CC)Sc2nc3ccccc3[nH]2)cc1. The number of nitrogens with zero attached hydrogens (tertiary/aromatic N) is 1. The number of anilines is 1. The van der Waals surface area contributed by atoms with Crippen LogP contribution in [0.25, 0.3) is 11.0 Å². The number of rotatable bonds is 7. The minimum absolute atomic E-state index is 0.105. The van der Waals surface area contributed by atoms with Gasteiger partial charge in [0.2, 0.25) is 5.91 Å². The highest BCUT2D eigenvalue weighted by Crippen LogP contribution is 2.26. The predicted octanol–water partition coefficient (Wildman–Crippen LogP) is 4.25. The van der Waals surface area contributed by atoms with Crippen molar-refractivity contribution in [1.82, 2.24) is 9.97 Å². The molecule has 3 aromatic rings. The summed E-state index contributed by atoms with van der Waals surface area (Å²) in [7, 11) is 0. The van der Waals surface area contributed by atoms with Gasteiger partial charge in [0.05, 0.1) is 28.5 Å². The van der Waals surface area contributed by atoms with E-state index < -0.39 is 0 Å². The van der Waals surface area contributed by atoms with Crippen LogP contribution in [0.15, 0.2) is 53.7 Å². The van der Waals surface area contributed by atoms with Crippen LogP contribution in [0.2, 0.25) is 0 Å². The van der Waals surface area contributed by atoms with Gasteiger partial charge >= 0.3 is 5.97 Å². The Balaban J connectivity index is 1.65. The molecule has 0 aliphatic rings. The molecular formula is C20H21N3O3S. The van der Waals surface area contributed by atoms with E-state index in [0.29, 0.717) is 24.3 Å². The van der Waals surface area contributed by atoms with E-state index in [-0.39, 0.29) is 17.1 Å². The van der Waals surface area contributed by atoms with Gasteiger partial charge in [-0.15, -0.1) is 0 Å². The number of aromatic amines is 1. The van der Waals surface area contributed by atoms with Crippen molar-refractivity contribution in [3.05, 3.63) is 54.1 Å². The van der Waals surface area contributed by atoms with Crippen LogP contribution in [-0.4, -0.2) is 33.7 Å². The van der Waals surface area contributed by atoms with Crippen molar-refractivity contribution in [2.75, 3.05) is 11.9 Å². The molecule has 2 N–H and O–H groups in total. The van der Waals surface area contributed by atoms with Crippen LogP contribution in [0.1, 0.15) is 30.6 Å². The Labute approximate surface area is 161 Å². The van der Waals surface area contributed by atoms with Gasteiger partial charge < -0.3 is 15.0 Å². The first-order chi connectivity index (χ1) is 13.1. The van der Waals surface area contributed by atoms with Gasteiger partial charge in [0.25, 0.3) is 0 Å². The summed E-state index contributed by atoms with van der Waals surface area (Å²) in [6.45, 7) is 4.05. The molecule has 0 aliphatic heterocycles. The highest BCUT2D eigenvalue weighted by Gasteiger charge is 2.20. The third-order valence-corrected chi connectivity index (χ3v) is 5.20. The Hall–Kier alpha value is -2.80. The van der Waals surface area contributed by atoms with Crippen molar-refractivity contribution in [3.63, 3.8) is 0 Å². The van der Waals surface area contributed by atoms with E-state index in [4.69, 9.17) is 4.74 Å². The summed E-state index contributed by atoms with van der Waals surface area (Å²) in [6.07, 6.45) is 0.661. The molecule has 0 spiro atoms. The zero-order valence-electron chi connectivity index (χ0n) is 15.2. The molecule has 0 unspecified atom stereocenters. The molecule has 0 fully saturated rings. The first-order valence-corrected chi connectivity index (χ1v) is 9.68. The summed E-state index contributed by atoms with van der Waals surface area (Å²) in [6, 6.07) is 14.4. The van der Waals surface area contributed by atoms with Gasteiger partial charge in [0.1, 0.15) is 0 Å². The molecule has 1 atom stereocenters. The highest BCUT2D eigenvalue weighted by atomic mass is 32.2. The molecule has 3 rings (SSSR count). The Morgan fingerprint density at radius 3 is 2.56 bits per heavy atom. The lowest BCUT2D eigenvalue weighted by atomic mass is 10.2. The summed E-state index contributed by atoms with van der Waals surface area (Å²) >= 11 is 1.40. The number of nitrogens with one attached hydrogen (secondary N) is 2. The quantitative estimate of drug-likeness (QED) is 0.471. The number of imidazole rings is 1. The number of esters is 1. The lowest BCUT2D eigenvalue weighted by Gasteiger charge is -2.13. The number of benzene rings is 2. The van der Waals surface area contributed by atoms with E-state index in [2.05, 4.69) is 15.3 Å². The highest BCUT2D eigenvalue weighted by molar-refractivity contribution is 8.00. The molecule has 0 saturated carbocycles. The number of carbonyl (C=O) groups is 2. The van der Waals surface area contributed by atoms with E-state index in [1.807, 2.05) is 31.2 Å². The number of H-pyrrole nitrogens is 1. The fourth-order valence-corrected chi connectivity index (χ4v) is 3.49. The van der Waals surface area contributed by atoms with Crippen molar-refractivity contribution >= 4 is 40.4 Å². The Bertz CT molecular complexity index is 904. The van der Waals surface area contributed by atoms with Crippen LogP contribution in [-0.2, 0) is 9.53 Å². The van der Waals surface area contributed by atoms with Crippen LogP contribution >= 0.6 is 11.8 Å². The second kappa shape index (κ2) is 8.73. The van der Waals surface area contributed by atoms with Gasteiger partial charge in [-0.25, -0.2) is 9.78 Å². The standard InChI is InChI=1S/C20H21N3O3S/c1-3-17(27-20-22-15-7-5-6-8-16(15)23-20)18(24)21-14-11-9-13(10-12-14)19(25)26-4-2/h5-12,17H,3-4H2,1-2H3,(H,21,24)(H,22,23)/t17-/m0/s1. The Kier molecular flexibility index (Phi) is 6.13. The van der Waals surface area contributed by atoms with Gasteiger partial charge in [0, 0.05) is 5.69 Å². The molecule has 2 aromatic carbocycles. The van der Waals surface area contributed by atoms with Crippen LogP contribution in [0.3, 0.4) is 0 Å². The topological polar surface area (TPSA) is 84.1 Å². The molecule has 0 saturated heterocycles. The van der Waals surface area contributed by atoms with Crippen molar-refractivity contribution in [2.24, 2.45) is 0 Å². The number of fused-ring (bicyclic) bond motifs is 1. The van der Waals surface area contributed by atoms with Crippen LogP contribution in [0.5, 0.6) is 0 Å². The molecule has 0 bridgehead atoms. The van der Waals surface area contributed by atoms with E-state index in [9.17, 15) is 9.59 Å². The zero-order valence-corrected chi connectivity index (χ0v) is 16.0. The lowest BCUT2D eigenvalue weighted by Crippen LogP contribution is -2.24. The van der Waals surface area contributed by atoms with E-state index >= 15 is 0 Å². The zero-order chi connectivity index (χ0) is 19.2. The molecule has 1 heterocycles. The molecule has 140 valence electrons. The molecule has 1 aromatic heterocycles. The monoisotopic (exact) mass is 383 g/mol. The van der Waals surface area contributed by atoms with E-state index in [0.717, 1.165) is 16.2 Å². The van der Waals surface area contributed by atoms with Crippen LogP contribution in [0, 0.1) is 0 Å². The third kappa shape index (κ3) is 4.68. The average molecular weight is 383 g/mol. The average Bonchev–Trinajstić information content (AvgIpc) is 3.09. The summed E-state index contributed by atoms with van der Waals surface area (Å²) < 4.78 is 4.96. The first-order valence-electron chi connectivity index (χ1n) is 8.80. The van der Waals surface area contributed by atoms with Gasteiger partial charge in [0.15, 0.2) is 5.16 Å². The molecule has 1 amide bonds. The summed E-state index contributed by atoms with van der Waals surface area (Å²) in [4.78, 5) is 32.1. The number of hydrogen-bond donors (Lipinski definition) is 2. The van der Waals surface area contributed by atoms with Crippen molar-refractivity contribution in [2.45, 2.75) is 30.7 Å². The smallest absolute Gasteiger partial charge is 0.338 e. The Morgan fingerprint density at radius 2 is 1.89 bits per heavy atom. The number of amides is 1. The predicted molar refractivity (Wildman–Crippen MR) is 107 cm³/mol. The van der Waals surface area contributed by atoms with Crippen LogP contribution in [0.4, 0.5) is 5.69 Å². The molecular weight excluding hydrogens is 362 g/mol. The van der Waals surface area contributed by atoms with Crippen molar-refractivity contribution in [3.8, 4) is 0 Å². The molecule has 0 radical (unpaired) electrons. The normalized spacial score (nSPS) is 11.9. The summed E-state index contributed by atoms with van der Waals surface area (Å²) in [5, 5.41) is 3.33. The van der Waals surface area contributed by atoms with E-state index in [1.165, 1.54) is 11.8 Å². The second-order valence-corrected chi connectivity index (χ2v) is 7.05. The minimum atomic E-state index is -0.373. The number of thioether (sulfide) groups is 1. The fraction of sp³-hybridized carbons (Fsp3) is 0.250. The fourth-order valence-electron chi connectivity index (χ4n) is 2.57. The van der Waals surface area contributed by atoms with Gasteiger partial charge in [-0.05, 0) is 49.7 Å². The Morgan fingerprint density at radius 1 is 1.15 bits per heavy atom. The molecule has 0 aliphatic carbocycles. The molecule has 7 heteroatoms. The van der Waals surface area contributed by atoms with Gasteiger partial charge in [-0.1, -0.05) is 30.8 Å². The number of para-hydroxylation sites is 2.